The van der Waals surface area contributed by atoms with Gasteiger partial charge < -0.3 is 52.3 Å². The molecule has 0 saturated carbocycles. The molecule has 4 rings (SSSR count). The molecule has 4 aromatic rings. The minimum Gasteiger partial charge on any atom is -0.508 e. The van der Waals surface area contributed by atoms with Gasteiger partial charge in [0.05, 0.1) is 0 Å². The molecule has 0 saturated heterocycles. The number of nitrogens with two attached hydrogens (primary N) is 3. The predicted octanol–water partition coefficient (Wildman–Crippen LogP) is 4.75. The van der Waals surface area contributed by atoms with Crippen LogP contribution in [0.2, 0.25) is 0 Å². The van der Waals surface area contributed by atoms with Crippen LogP contribution in [0.3, 0.4) is 0 Å². The first kappa shape index (κ1) is 46.0. The van der Waals surface area contributed by atoms with E-state index >= 15 is 0 Å². The Labute approximate surface area is 349 Å². The van der Waals surface area contributed by atoms with Gasteiger partial charge in [0.15, 0.2) is 17.9 Å². The number of alkyl carbamates (subject to hydrolysis) is 1. The summed E-state index contributed by atoms with van der Waals surface area (Å²) in [6, 6.07) is 19.1. The Hall–Kier alpha value is -6.65. The quantitative estimate of drug-likeness (QED) is 0.0362. The lowest BCUT2D eigenvalue weighted by molar-refractivity contribution is -0.134. The van der Waals surface area contributed by atoms with Crippen molar-refractivity contribution in [3.63, 3.8) is 0 Å². The highest BCUT2D eigenvalue weighted by atomic mass is 16.6. The second-order valence-electron chi connectivity index (χ2n) is 15.5. The van der Waals surface area contributed by atoms with Gasteiger partial charge in [0.2, 0.25) is 11.8 Å². The van der Waals surface area contributed by atoms with Crippen LogP contribution in [0.15, 0.2) is 76.2 Å². The van der Waals surface area contributed by atoms with E-state index in [0.29, 0.717) is 54.7 Å². The van der Waals surface area contributed by atoms with Crippen LogP contribution in [0.5, 0.6) is 5.75 Å². The van der Waals surface area contributed by atoms with E-state index < -0.39 is 47.8 Å². The molecular weight excluding hydrogens is 771 g/mol. The maximum atomic E-state index is 14.4. The minimum atomic E-state index is -1.36. The highest BCUT2D eigenvalue weighted by Crippen LogP contribution is 2.25. The van der Waals surface area contributed by atoms with Crippen molar-refractivity contribution in [3.05, 3.63) is 101 Å². The molecule has 1 heterocycles. The highest BCUT2D eigenvalue weighted by Gasteiger charge is 2.31. The van der Waals surface area contributed by atoms with Crippen LogP contribution >= 0.6 is 0 Å². The minimum absolute atomic E-state index is 0.00734. The summed E-state index contributed by atoms with van der Waals surface area (Å²) in [5, 5.41) is 22.9. The number of guanidine groups is 1. The number of ether oxygens (including phenoxy) is 2. The zero-order chi connectivity index (χ0) is 43.8. The van der Waals surface area contributed by atoms with Gasteiger partial charge in [-0.2, -0.15) is 4.98 Å². The highest BCUT2D eigenvalue weighted by molar-refractivity contribution is 5.90. The van der Waals surface area contributed by atoms with E-state index in [0.717, 1.165) is 16.7 Å². The average molecular weight is 828 g/mol. The molecule has 0 fully saturated rings. The molecule has 0 bridgehead atoms. The maximum absolute atomic E-state index is 14.4. The third-order valence-electron chi connectivity index (χ3n) is 9.30. The first-order valence-corrected chi connectivity index (χ1v) is 19.8. The fourth-order valence-corrected chi connectivity index (χ4v) is 6.46. The molecule has 0 spiro atoms. The van der Waals surface area contributed by atoms with E-state index in [4.69, 9.17) is 31.2 Å². The number of carbonyl (C=O) groups is 4. The van der Waals surface area contributed by atoms with Gasteiger partial charge in [-0.15, -0.1) is 0 Å². The van der Waals surface area contributed by atoms with Gasteiger partial charge in [-0.25, -0.2) is 9.59 Å². The summed E-state index contributed by atoms with van der Waals surface area (Å²) < 4.78 is 16.2. The molecule has 0 aliphatic rings. The van der Waals surface area contributed by atoms with Crippen LogP contribution in [0.1, 0.15) is 92.9 Å². The fraction of sp³-hybridized carbons (Fsp3) is 0.419. The number of rotatable bonds is 20. The van der Waals surface area contributed by atoms with Crippen LogP contribution in [0.25, 0.3) is 11.1 Å². The molecule has 17 heteroatoms. The molecule has 17 nitrogen and oxygen atoms in total. The van der Waals surface area contributed by atoms with E-state index in [1.54, 1.807) is 46.8 Å². The van der Waals surface area contributed by atoms with Crippen LogP contribution in [0, 0.1) is 13.8 Å². The number of phenolic OH excluding ortho intramolecular Hbond substituents is 1. The topological polar surface area (TPSA) is 272 Å². The number of aliphatic imine (C=N–C) groups is 1. The third kappa shape index (κ3) is 15.3. The third-order valence-corrected chi connectivity index (χ3v) is 9.30. The van der Waals surface area contributed by atoms with Crippen molar-refractivity contribution in [2.75, 3.05) is 13.1 Å². The maximum Gasteiger partial charge on any atom is 0.407 e. The van der Waals surface area contributed by atoms with Gasteiger partial charge in [-0.05, 0) is 112 Å². The molecule has 3 unspecified atom stereocenters. The number of primary amides is 1. The molecule has 4 amide bonds. The first-order valence-electron chi connectivity index (χ1n) is 19.8. The standard InChI is InChI=1S/C43H57N9O8/c1-26-22-31(53)23-27(2)32(26)25-34(50-38(55)35(58-41(46)56)15-11-21-47-40(44)45)37(54)49-33(14-9-10-20-48-42(57)59-43(3,4)5)39-51-36(52-60-39)24-28-16-18-30(19-17-28)29-12-7-6-8-13-29/h6-8,12-13,16-19,22-23,33-35,53H,9-11,14-15,20-21,24-25H2,1-5H3,(H2,46,56)(H,48,57)(H,49,54)(H,50,55)(H4,44,45,47). The monoisotopic (exact) mass is 827 g/mol. The Morgan fingerprint density at radius 3 is 2.17 bits per heavy atom. The van der Waals surface area contributed by atoms with Crippen molar-refractivity contribution in [1.29, 1.82) is 0 Å². The summed E-state index contributed by atoms with van der Waals surface area (Å²) in [5.74, 6) is -0.901. The van der Waals surface area contributed by atoms with Crippen molar-refractivity contribution in [3.8, 4) is 16.9 Å². The van der Waals surface area contributed by atoms with Crippen LogP contribution < -0.4 is 33.2 Å². The lowest BCUT2D eigenvalue weighted by Crippen LogP contribution is -2.52. The van der Waals surface area contributed by atoms with Crippen LogP contribution in [-0.4, -0.2) is 76.0 Å². The lowest BCUT2D eigenvalue weighted by Gasteiger charge is -2.25. The van der Waals surface area contributed by atoms with Gasteiger partial charge in [-0.3, -0.25) is 14.6 Å². The summed E-state index contributed by atoms with van der Waals surface area (Å²) in [5.41, 5.74) is 20.7. The van der Waals surface area contributed by atoms with Gasteiger partial charge in [0, 0.05) is 25.9 Å². The smallest absolute Gasteiger partial charge is 0.407 e. The van der Waals surface area contributed by atoms with E-state index in [1.807, 2.05) is 54.6 Å². The van der Waals surface area contributed by atoms with Gasteiger partial charge in [0.25, 0.3) is 5.91 Å². The Morgan fingerprint density at radius 2 is 1.53 bits per heavy atom. The average Bonchev–Trinajstić information content (AvgIpc) is 3.64. The number of hydrogen-bond donors (Lipinski definition) is 7. The molecule has 60 heavy (non-hydrogen) atoms. The Kier molecular flexibility index (Phi) is 16.8. The summed E-state index contributed by atoms with van der Waals surface area (Å²) in [6.45, 7) is 9.36. The molecule has 0 radical (unpaired) electrons. The largest absolute Gasteiger partial charge is 0.508 e. The van der Waals surface area contributed by atoms with E-state index in [1.165, 1.54) is 0 Å². The van der Waals surface area contributed by atoms with Crippen LogP contribution in [0.4, 0.5) is 9.59 Å². The first-order chi connectivity index (χ1) is 28.5. The number of hydrogen-bond acceptors (Lipinski definition) is 11. The SMILES string of the molecule is Cc1cc(O)cc(C)c1CC(NC(=O)C(CCCN=C(N)N)OC(N)=O)C(=O)NC(CCCCNC(=O)OC(C)(C)C)c1nc(Cc2ccc(-c3ccccc3)cc2)no1. The second-order valence-corrected chi connectivity index (χ2v) is 15.5. The number of benzene rings is 3. The zero-order valence-corrected chi connectivity index (χ0v) is 34.8. The Bertz CT molecular complexity index is 2050. The van der Waals surface area contributed by atoms with Gasteiger partial charge in [-0.1, -0.05) is 59.8 Å². The fourth-order valence-electron chi connectivity index (χ4n) is 6.46. The Balaban J connectivity index is 1.58. The van der Waals surface area contributed by atoms with Crippen molar-refractivity contribution in [2.45, 2.75) is 103 Å². The number of aromatic hydroxyl groups is 1. The molecule has 322 valence electrons. The molecule has 0 aliphatic heterocycles. The molecule has 3 aromatic carbocycles. The summed E-state index contributed by atoms with van der Waals surface area (Å²) in [6.07, 6.45) is -1.07. The van der Waals surface area contributed by atoms with Crippen molar-refractivity contribution >= 4 is 30.0 Å². The molecule has 1 aromatic heterocycles. The number of aryl methyl sites for hydroxylation is 2. The van der Waals surface area contributed by atoms with E-state index in [-0.39, 0.29) is 43.4 Å². The number of phenols is 1. The van der Waals surface area contributed by atoms with E-state index in [2.05, 4.69) is 31.1 Å². The Morgan fingerprint density at radius 1 is 0.867 bits per heavy atom. The van der Waals surface area contributed by atoms with Gasteiger partial charge in [0.1, 0.15) is 23.4 Å². The van der Waals surface area contributed by atoms with Crippen molar-refractivity contribution < 1.29 is 38.3 Å². The number of nitrogens with zero attached hydrogens (tertiary/aromatic N) is 3. The van der Waals surface area contributed by atoms with Crippen molar-refractivity contribution in [2.24, 2.45) is 22.2 Å². The normalized spacial score (nSPS) is 12.7. The van der Waals surface area contributed by atoms with Crippen molar-refractivity contribution in [1.82, 2.24) is 26.1 Å². The molecule has 3 atom stereocenters. The van der Waals surface area contributed by atoms with Crippen LogP contribution in [-0.2, 0) is 31.9 Å². The summed E-state index contributed by atoms with van der Waals surface area (Å²) >= 11 is 0. The molecular formula is C43H57N9O8. The zero-order valence-electron chi connectivity index (χ0n) is 34.8. The lowest BCUT2D eigenvalue weighted by atomic mass is 9.95. The summed E-state index contributed by atoms with van der Waals surface area (Å²) in [4.78, 5) is 60.7. The van der Waals surface area contributed by atoms with Gasteiger partial charge >= 0.3 is 12.2 Å². The molecule has 0 aliphatic carbocycles. The van der Waals surface area contributed by atoms with E-state index in [9.17, 15) is 24.3 Å². The number of amides is 4. The predicted molar refractivity (Wildman–Crippen MR) is 226 cm³/mol. The molecule has 10 N–H and O–H groups in total. The number of carbonyl (C=O) groups excluding carboxylic acids is 4. The number of aromatic nitrogens is 2. The second kappa shape index (κ2) is 21.9. The number of unbranched alkanes of at least 4 members (excludes halogenated alkanes) is 1. The number of nitrogens with one attached hydrogen (secondary N) is 3. The summed E-state index contributed by atoms with van der Waals surface area (Å²) in [7, 11) is 0.